The maximum atomic E-state index is 3.51. The summed E-state index contributed by atoms with van der Waals surface area (Å²) in [5, 5.41) is 3.51. The van der Waals surface area contributed by atoms with Crippen molar-refractivity contribution in [3.05, 3.63) is 0 Å². The van der Waals surface area contributed by atoms with Gasteiger partial charge < -0.3 is 10.2 Å². The van der Waals surface area contributed by atoms with Crippen LogP contribution in [-0.2, 0) is 0 Å². The van der Waals surface area contributed by atoms with Crippen LogP contribution in [0.1, 0.15) is 51.4 Å². The van der Waals surface area contributed by atoms with Crippen LogP contribution in [0, 0.1) is 0 Å². The Kier molecular flexibility index (Phi) is 3.89. The van der Waals surface area contributed by atoms with E-state index >= 15 is 0 Å². The van der Waals surface area contributed by atoms with Crippen LogP contribution in [0.4, 0.5) is 0 Å². The van der Waals surface area contributed by atoms with Crippen LogP contribution >= 0.6 is 0 Å². The van der Waals surface area contributed by atoms with Gasteiger partial charge in [-0.25, -0.2) is 0 Å². The molecule has 1 saturated carbocycles. The minimum absolute atomic E-state index is 0.479. The molecule has 3 fully saturated rings. The number of nitrogens with one attached hydrogen (secondary N) is 1. The number of hydrogen-bond acceptors (Lipinski definition) is 3. The van der Waals surface area contributed by atoms with Crippen LogP contribution in [0.5, 0.6) is 0 Å². The smallest absolute Gasteiger partial charge is 0.0330 e. The Bertz CT molecular complexity index is 295. The van der Waals surface area contributed by atoms with Gasteiger partial charge >= 0.3 is 0 Å². The van der Waals surface area contributed by atoms with Crippen LogP contribution in [0.2, 0.25) is 0 Å². The molecule has 1 aliphatic carbocycles. The number of rotatable bonds is 4. The molecule has 110 valence electrons. The Hall–Kier alpha value is -0.120. The van der Waals surface area contributed by atoms with E-state index in [9.17, 15) is 0 Å². The van der Waals surface area contributed by atoms with Crippen LogP contribution in [-0.4, -0.2) is 61.2 Å². The first-order chi connectivity index (χ1) is 9.14. The largest absolute Gasteiger partial charge is 0.317 e. The van der Waals surface area contributed by atoms with Crippen molar-refractivity contribution in [3.8, 4) is 0 Å². The van der Waals surface area contributed by atoms with Crippen molar-refractivity contribution in [2.75, 3.05) is 27.7 Å². The van der Waals surface area contributed by atoms with Crippen molar-refractivity contribution < 1.29 is 0 Å². The van der Waals surface area contributed by atoms with E-state index in [0.29, 0.717) is 5.54 Å². The molecule has 0 aromatic rings. The first kappa shape index (κ1) is 13.8. The molecule has 2 unspecified atom stereocenters. The fourth-order valence-corrected chi connectivity index (χ4v) is 4.89. The van der Waals surface area contributed by atoms with E-state index in [0.717, 1.165) is 18.1 Å². The maximum absolute atomic E-state index is 3.51. The van der Waals surface area contributed by atoms with Gasteiger partial charge in [0.2, 0.25) is 0 Å². The fourth-order valence-electron chi connectivity index (χ4n) is 4.89. The third-order valence-electron chi connectivity index (χ3n) is 6.25. The third kappa shape index (κ3) is 2.45. The van der Waals surface area contributed by atoms with Gasteiger partial charge in [0.05, 0.1) is 0 Å². The van der Waals surface area contributed by atoms with Crippen molar-refractivity contribution in [1.82, 2.24) is 15.1 Å². The highest BCUT2D eigenvalue weighted by Gasteiger charge is 2.45. The van der Waals surface area contributed by atoms with Crippen LogP contribution in [0.15, 0.2) is 0 Å². The topological polar surface area (TPSA) is 18.5 Å². The minimum atomic E-state index is 0.479. The van der Waals surface area contributed by atoms with Crippen molar-refractivity contribution in [1.29, 1.82) is 0 Å². The molecule has 0 spiro atoms. The van der Waals surface area contributed by atoms with Crippen LogP contribution in [0.3, 0.4) is 0 Å². The molecule has 0 amide bonds. The highest BCUT2D eigenvalue weighted by atomic mass is 15.3. The summed E-state index contributed by atoms with van der Waals surface area (Å²) in [7, 11) is 6.74. The van der Waals surface area contributed by atoms with Crippen LogP contribution < -0.4 is 5.32 Å². The molecule has 3 heteroatoms. The molecule has 3 rings (SSSR count). The van der Waals surface area contributed by atoms with Gasteiger partial charge in [-0.1, -0.05) is 12.8 Å². The van der Waals surface area contributed by atoms with Crippen molar-refractivity contribution >= 4 is 0 Å². The standard InChI is InChI=1S/C16H31N3/c1-17-13-10-14-6-7-15(11-13)19(14)12-16(18(2)3)8-4-5-9-16/h13-15,17H,4-12H2,1-3H3. The minimum Gasteiger partial charge on any atom is -0.317 e. The third-order valence-corrected chi connectivity index (χ3v) is 6.25. The predicted octanol–water partition coefficient (Wildman–Crippen LogP) is 2.08. The lowest BCUT2D eigenvalue weighted by Crippen LogP contribution is -2.57. The summed E-state index contributed by atoms with van der Waals surface area (Å²) < 4.78 is 0. The van der Waals surface area contributed by atoms with Crippen LogP contribution in [0.25, 0.3) is 0 Å². The van der Waals surface area contributed by atoms with E-state index in [2.05, 4.69) is 36.3 Å². The summed E-state index contributed by atoms with van der Waals surface area (Å²) in [4.78, 5) is 5.42. The Morgan fingerprint density at radius 2 is 1.68 bits per heavy atom. The van der Waals surface area contributed by atoms with Gasteiger partial charge in [-0.3, -0.25) is 4.90 Å². The average molecular weight is 265 g/mol. The fraction of sp³-hybridized carbons (Fsp3) is 1.00. The van der Waals surface area contributed by atoms with E-state index in [1.165, 1.54) is 57.9 Å². The predicted molar refractivity (Wildman–Crippen MR) is 80.5 cm³/mol. The van der Waals surface area contributed by atoms with E-state index in [1.54, 1.807) is 0 Å². The summed E-state index contributed by atoms with van der Waals surface area (Å²) in [6.07, 6.45) is 11.3. The van der Waals surface area contributed by atoms with Gasteiger partial charge in [-0.2, -0.15) is 0 Å². The zero-order valence-corrected chi connectivity index (χ0v) is 13.0. The Morgan fingerprint density at radius 3 is 2.16 bits per heavy atom. The summed E-state index contributed by atoms with van der Waals surface area (Å²) in [5.74, 6) is 0. The highest BCUT2D eigenvalue weighted by molar-refractivity contribution is 5.03. The Balaban J connectivity index is 1.70. The quantitative estimate of drug-likeness (QED) is 0.839. The zero-order valence-electron chi connectivity index (χ0n) is 13.0. The molecular formula is C16H31N3. The molecule has 2 heterocycles. The van der Waals surface area contributed by atoms with Gasteiger partial charge in [0, 0.05) is 30.2 Å². The lowest BCUT2D eigenvalue weighted by atomic mass is 9.90. The molecule has 1 N–H and O–H groups in total. The zero-order chi connectivity index (χ0) is 13.5. The molecule has 2 bridgehead atoms. The van der Waals surface area contributed by atoms with E-state index in [4.69, 9.17) is 0 Å². The van der Waals surface area contributed by atoms with Crippen molar-refractivity contribution in [3.63, 3.8) is 0 Å². The van der Waals surface area contributed by atoms with E-state index < -0.39 is 0 Å². The highest BCUT2D eigenvalue weighted by Crippen LogP contribution is 2.41. The summed E-state index contributed by atoms with van der Waals surface area (Å²) in [6.45, 7) is 1.33. The molecule has 2 atom stereocenters. The van der Waals surface area contributed by atoms with E-state index in [1.807, 2.05) is 0 Å². The Labute approximate surface area is 118 Å². The first-order valence-corrected chi connectivity index (χ1v) is 8.25. The maximum Gasteiger partial charge on any atom is 0.0330 e. The molecule has 2 saturated heterocycles. The molecule has 3 nitrogen and oxygen atoms in total. The molecular weight excluding hydrogens is 234 g/mol. The molecule has 0 aromatic carbocycles. The second-order valence-corrected chi connectivity index (χ2v) is 7.34. The molecule has 2 aliphatic heterocycles. The number of nitrogens with zero attached hydrogens (tertiary/aromatic N) is 2. The molecule has 3 aliphatic rings. The SMILES string of the molecule is CNC1CC2CCC(C1)N2CC1(N(C)C)CCCC1. The second-order valence-electron chi connectivity index (χ2n) is 7.34. The van der Waals surface area contributed by atoms with Gasteiger partial charge in [0.1, 0.15) is 0 Å². The lowest BCUT2D eigenvalue weighted by Gasteiger charge is -2.46. The summed E-state index contributed by atoms with van der Waals surface area (Å²) >= 11 is 0. The number of fused-ring (bicyclic) bond motifs is 2. The van der Waals surface area contributed by atoms with Gasteiger partial charge in [-0.15, -0.1) is 0 Å². The van der Waals surface area contributed by atoms with Gasteiger partial charge in [0.25, 0.3) is 0 Å². The van der Waals surface area contributed by atoms with E-state index in [-0.39, 0.29) is 0 Å². The first-order valence-electron chi connectivity index (χ1n) is 8.25. The molecule has 19 heavy (non-hydrogen) atoms. The van der Waals surface area contributed by atoms with Crippen molar-refractivity contribution in [2.45, 2.75) is 75.0 Å². The Morgan fingerprint density at radius 1 is 1.11 bits per heavy atom. The van der Waals surface area contributed by atoms with Crippen molar-refractivity contribution in [2.24, 2.45) is 0 Å². The molecule has 0 radical (unpaired) electrons. The normalized spacial score (nSPS) is 38.2. The second kappa shape index (κ2) is 5.34. The van der Waals surface area contributed by atoms with Gasteiger partial charge in [0.15, 0.2) is 0 Å². The number of likely N-dealkylation sites (N-methyl/N-ethyl adjacent to an activating group) is 1. The number of piperidine rings is 1. The summed E-state index contributed by atoms with van der Waals surface area (Å²) in [5.41, 5.74) is 0.479. The monoisotopic (exact) mass is 265 g/mol. The number of hydrogen-bond donors (Lipinski definition) is 1. The molecule has 0 aromatic heterocycles. The summed E-state index contributed by atoms with van der Waals surface area (Å²) in [6, 6.07) is 2.48. The van der Waals surface area contributed by atoms with Gasteiger partial charge in [-0.05, 0) is 59.7 Å². The lowest BCUT2D eigenvalue weighted by molar-refractivity contribution is 0.0388. The average Bonchev–Trinajstić information content (AvgIpc) is 2.94.